The Hall–Kier alpha value is -0.346. The van der Waals surface area contributed by atoms with E-state index < -0.39 is 22.5 Å². The second-order valence-electron chi connectivity index (χ2n) is 9.56. The van der Waals surface area contributed by atoms with Crippen LogP contribution in [-0.2, 0) is 11.8 Å². The van der Waals surface area contributed by atoms with Crippen LogP contribution in [0.25, 0.3) is 0 Å². The highest BCUT2D eigenvalue weighted by atomic mass is 28.4. The number of rotatable bonds is 4. The lowest BCUT2D eigenvalue weighted by Gasteiger charge is -2.40. The summed E-state index contributed by atoms with van der Waals surface area (Å²) in [6.07, 6.45) is -1.26. The average molecular weight is 323 g/mol. The van der Waals surface area contributed by atoms with Gasteiger partial charge in [0.25, 0.3) is 0 Å². The summed E-state index contributed by atoms with van der Waals surface area (Å²) in [6.45, 7) is 22.7. The largest absolute Gasteiger partial charge is 0.0695 e. The predicted molar refractivity (Wildman–Crippen MR) is 104 cm³/mol. The second kappa shape index (κ2) is 6.04. The smallest absolute Gasteiger partial charge is 0.0450 e. The number of benzene rings is 1. The number of hydrogen-bond acceptors (Lipinski definition) is 0. The topological polar surface area (TPSA) is 0 Å². The van der Waals surface area contributed by atoms with E-state index in [-0.39, 0.29) is 10.6 Å². The van der Waals surface area contributed by atoms with Crippen molar-refractivity contribution in [1.29, 1.82) is 0 Å². The minimum Gasteiger partial charge on any atom is -0.0695 e. The Morgan fingerprint density at radius 3 is 1.86 bits per heavy atom. The Kier molecular flexibility index (Phi) is 4.47. The summed E-state index contributed by atoms with van der Waals surface area (Å²) in [4.78, 5) is 0. The van der Waals surface area contributed by atoms with Gasteiger partial charge in [-0.2, -0.15) is 0 Å². The minimum atomic E-state index is -1.65. The summed E-state index contributed by atoms with van der Waals surface area (Å²) in [5, 5.41) is 0.186. The zero-order valence-corrected chi connectivity index (χ0v) is 17.8. The van der Waals surface area contributed by atoms with E-state index in [2.05, 4.69) is 73.0 Å². The van der Waals surface area contributed by atoms with Crippen LogP contribution in [0.5, 0.6) is 0 Å². The first-order valence-electron chi connectivity index (χ1n) is 9.11. The molecule has 1 rings (SSSR count). The molecule has 1 aromatic rings. The van der Waals surface area contributed by atoms with E-state index in [1.54, 1.807) is 0 Å². The number of hydrogen-bond donors (Lipinski definition) is 0. The van der Waals surface area contributed by atoms with Crippen molar-refractivity contribution in [2.24, 2.45) is 0 Å². The molecule has 0 N–H and O–H groups in total. The lowest BCUT2D eigenvalue weighted by molar-refractivity contribution is 0.578. The van der Waals surface area contributed by atoms with E-state index in [0.717, 1.165) is 5.56 Å². The maximum absolute atomic E-state index is 9.19. The van der Waals surface area contributed by atoms with Crippen molar-refractivity contribution < 1.29 is 2.74 Å². The molecule has 0 radical (unpaired) electrons. The highest BCUT2D eigenvalue weighted by molar-refractivity contribution is 6.96. The van der Waals surface area contributed by atoms with E-state index in [1.807, 2.05) is 12.1 Å². The lowest BCUT2D eigenvalue weighted by Crippen LogP contribution is -2.45. The van der Waals surface area contributed by atoms with Crippen LogP contribution >= 0.6 is 0 Å². The van der Waals surface area contributed by atoms with Crippen LogP contribution in [0.2, 0.25) is 44.4 Å². The van der Waals surface area contributed by atoms with Gasteiger partial charge in [-0.15, -0.1) is 0 Å². The van der Waals surface area contributed by atoms with Crippen LogP contribution in [0.3, 0.4) is 0 Å². The zero-order valence-electron chi connectivity index (χ0n) is 17.8. The van der Waals surface area contributed by atoms with Crippen molar-refractivity contribution in [3.05, 3.63) is 34.9 Å². The Bertz CT molecular complexity index is 544. The highest BCUT2D eigenvalue weighted by Gasteiger charge is 2.38. The molecule has 0 aromatic heterocycles. The highest BCUT2D eigenvalue weighted by Crippen LogP contribution is 2.38. The van der Waals surface area contributed by atoms with Gasteiger partial charge in [-0.25, -0.2) is 0 Å². The van der Waals surface area contributed by atoms with Crippen LogP contribution in [0, 0.1) is 6.92 Å². The first kappa shape index (κ1) is 15.5. The molecule has 0 nitrogen and oxygen atoms in total. The molecule has 0 spiro atoms. The molecule has 0 bridgehead atoms. The van der Waals surface area contributed by atoms with Crippen molar-refractivity contribution in [2.45, 2.75) is 83.9 Å². The molecule has 0 fully saturated rings. The zero-order chi connectivity index (χ0) is 18.4. The summed E-state index contributed by atoms with van der Waals surface area (Å²) in [5.74, 6) is 0. The van der Waals surface area contributed by atoms with E-state index in [9.17, 15) is 2.74 Å². The molecule has 0 aliphatic rings. The Morgan fingerprint density at radius 1 is 1.00 bits per heavy atom. The first-order chi connectivity index (χ1) is 10.0. The summed E-state index contributed by atoms with van der Waals surface area (Å²) in [5.41, 5.74) is 3.30. The number of aryl methyl sites for hydroxylation is 1. The van der Waals surface area contributed by atoms with Gasteiger partial charge < -0.3 is 0 Å². The molecule has 2 heteroatoms. The van der Waals surface area contributed by atoms with E-state index >= 15 is 0 Å². The Labute approximate surface area is 138 Å². The third-order valence-electron chi connectivity index (χ3n) is 4.05. The van der Waals surface area contributed by atoms with Gasteiger partial charge in [-0.05, 0) is 40.6 Å². The normalized spacial score (nSPS) is 16.0. The van der Waals surface area contributed by atoms with Crippen LogP contribution in [0.4, 0.5) is 0 Å². The molecule has 0 heterocycles. The fourth-order valence-electron chi connectivity index (χ4n) is 3.67. The van der Waals surface area contributed by atoms with Crippen LogP contribution < -0.4 is 0 Å². The summed E-state index contributed by atoms with van der Waals surface area (Å²) < 4.78 is 18.4. The third kappa shape index (κ3) is 4.82. The fourth-order valence-corrected chi connectivity index (χ4v) is 15.2. The standard InChI is InChI=1S/C19H36Si2/c1-15-12-11-13-16(18(15)19(2,3)4)14-17(20(5,6)7)21(8,9)10/h11-13,17H,14H2,1-10H3/i14D2. The first-order valence-corrected chi connectivity index (χ1v) is 15.3. The molecule has 21 heavy (non-hydrogen) atoms. The SMILES string of the molecule is [2H]C([2H])(c1cccc(C)c1C(C)(C)C)C([Si](C)(C)C)[Si](C)(C)C. The summed E-state index contributed by atoms with van der Waals surface area (Å²) >= 11 is 0. The molecular formula is C19H36Si2. The van der Waals surface area contributed by atoms with Crippen molar-refractivity contribution in [1.82, 2.24) is 0 Å². The van der Waals surface area contributed by atoms with Gasteiger partial charge in [0.05, 0.1) is 0 Å². The Balaban J connectivity index is 3.70. The molecule has 0 unspecified atom stereocenters. The summed E-state index contributed by atoms with van der Waals surface area (Å²) in [7, 11) is -3.31. The van der Waals surface area contributed by atoms with E-state index in [0.29, 0.717) is 0 Å². The third-order valence-corrected chi connectivity index (χ3v) is 13.0. The van der Waals surface area contributed by atoms with Gasteiger partial charge in [-0.3, -0.25) is 0 Å². The van der Waals surface area contributed by atoms with Crippen LogP contribution in [-0.4, -0.2) is 16.1 Å². The molecule has 0 amide bonds. The van der Waals surface area contributed by atoms with Gasteiger partial charge in [-0.1, -0.05) is 78.3 Å². The van der Waals surface area contributed by atoms with Gasteiger partial charge in [0.2, 0.25) is 0 Å². The molecule has 120 valence electrons. The maximum atomic E-state index is 9.19. The predicted octanol–water partition coefficient (Wildman–Crippen LogP) is 6.42. The van der Waals surface area contributed by atoms with Crippen LogP contribution in [0.1, 0.15) is 40.2 Å². The summed E-state index contributed by atoms with van der Waals surface area (Å²) in [6, 6.07) is 6.20. The van der Waals surface area contributed by atoms with Crippen molar-refractivity contribution in [3.63, 3.8) is 0 Å². The fraction of sp³-hybridized carbons (Fsp3) is 0.684. The molecular weight excluding hydrogens is 284 g/mol. The van der Waals surface area contributed by atoms with Crippen molar-refractivity contribution in [3.8, 4) is 0 Å². The second-order valence-corrected chi connectivity index (χ2v) is 20.8. The van der Waals surface area contributed by atoms with E-state index in [1.165, 1.54) is 11.1 Å². The molecule has 0 aliphatic heterocycles. The van der Waals surface area contributed by atoms with Gasteiger partial charge >= 0.3 is 0 Å². The quantitative estimate of drug-likeness (QED) is 0.561. The Morgan fingerprint density at radius 2 is 1.48 bits per heavy atom. The lowest BCUT2D eigenvalue weighted by atomic mass is 9.80. The van der Waals surface area contributed by atoms with Gasteiger partial charge in [0, 0.05) is 18.9 Å². The van der Waals surface area contributed by atoms with Crippen molar-refractivity contribution in [2.75, 3.05) is 0 Å². The molecule has 0 saturated carbocycles. The van der Waals surface area contributed by atoms with Gasteiger partial charge in [0.1, 0.15) is 0 Å². The maximum Gasteiger partial charge on any atom is 0.0450 e. The monoisotopic (exact) mass is 322 g/mol. The molecule has 0 saturated heterocycles. The van der Waals surface area contributed by atoms with Crippen molar-refractivity contribution >= 4 is 16.1 Å². The molecule has 0 atom stereocenters. The molecule has 1 aromatic carbocycles. The minimum absolute atomic E-state index is 0.0442. The molecule has 0 aliphatic carbocycles. The average Bonchev–Trinajstić information content (AvgIpc) is 2.21. The van der Waals surface area contributed by atoms with Crippen LogP contribution in [0.15, 0.2) is 18.2 Å². The van der Waals surface area contributed by atoms with E-state index in [4.69, 9.17) is 0 Å². The van der Waals surface area contributed by atoms with Gasteiger partial charge in [0.15, 0.2) is 0 Å².